The van der Waals surface area contributed by atoms with Crippen molar-refractivity contribution in [1.29, 1.82) is 0 Å². The average Bonchev–Trinajstić information content (AvgIpc) is 3.20. The summed E-state index contributed by atoms with van der Waals surface area (Å²) in [5.74, 6) is 1.00. The van der Waals surface area contributed by atoms with E-state index in [1.54, 1.807) is 10.9 Å². The number of likely N-dealkylation sites (N-methyl/N-ethyl adjacent to an activating group) is 1. The number of imidazole rings is 1. The zero-order valence-electron chi connectivity index (χ0n) is 14.5. The molecule has 2 amide bonds. The third-order valence-corrected chi connectivity index (χ3v) is 4.68. The van der Waals surface area contributed by atoms with Crippen LogP contribution in [0.25, 0.3) is 0 Å². The van der Waals surface area contributed by atoms with Crippen LogP contribution >= 0.6 is 0 Å². The first-order valence-corrected chi connectivity index (χ1v) is 8.31. The van der Waals surface area contributed by atoms with E-state index in [0.29, 0.717) is 13.1 Å². The number of aryl methyl sites for hydroxylation is 2. The van der Waals surface area contributed by atoms with Gasteiger partial charge < -0.3 is 14.8 Å². The molecule has 1 N–H and O–H groups in total. The topological polar surface area (TPSA) is 71.2 Å². The zero-order valence-corrected chi connectivity index (χ0v) is 14.5. The van der Waals surface area contributed by atoms with Crippen molar-refractivity contribution in [2.45, 2.75) is 19.5 Å². The van der Waals surface area contributed by atoms with E-state index in [1.807, 2.05) is 42.0 Å². The van der Waals surface area contributed by atoms with Gasteiger partial charge in [0.2, 0.25) is 0 Å². The van der Waals surface area contributed by atoms with Crippen molar-refractivity contribution in [3.8, 4) is 0 Å². The monoisotopic (exact) mass is 331 g/mol. The van der Waals surface area contributed by atoms with Gasteiger partial charge in [0.05, 0.1) is 18.3 Å². The number of aromatic nitrogens is 4. The van der Waals surface area contributed by atoms with Crippen molar-refractivity contribution in [3.63, 3.8) is 0 Å². The Labute approximate surface area is 142 Å². The van der Waals surface area contributed by atoms with Gasteiger partial charge in [-0.2, -0.15) is 5.10 Å². The van der Waals surface area contributed by atoms with Crippen LogP contribution in [0.3, 0.4) is 0 Å². The molecule has 8 heteroatoms. The number of piperazine rings is 1. The lowest BCUT2D eigenvalue weighted by Crippen LogP contribution is -2.53. The first kappa shape index (κ1) is 16.5. The van der Waals surface area contributed by atoms with Crippen molar-refractivity contribution < 1.29 is 4.79 Å². The third-order valence-electron chi connectivity index (χ3n) is 4.68. The summed E-state index contributed by atoms with van der Waals surface area (Å²) in [5.41, 5.74) is 0.983. The summed E-state index contributed by atoms with van der Waals surface area (Å²) in [4.78, 5) is 21.3. The molecule has 0 aliphatic carbocycles. The molecule has 1 aliphatic heterocycles. The summed E-state index contributed by atoms with van der Waals surface area (Å²) in [6.07, 6.45) is 5.49. The van der Waals surface area contributed by atoms with Gasteiger partial charge in [-0.3, -0.25) is 9.58 Å². The van der Waals surface area contributed by atoms with Crippen LogP contribution in [-0.4, -0.2) is 61.3 Å². The highest BCUT2D eigenvalue weighted by Crippen LogP contribution is 2.23. The van der Waals surface area contributed by atoms with Gasteiger partial charge >= 0.3 is 6.03 Å². The molecule has 1 aliphatic rings. The van der Waals surface area contributed by atoms with Crippen LogP contribution in [0, 0.1) is 0 Å². The summed E-state index contributed by atoms with van der Waals surface area (Å²) in [7, 11) is 3.87. The second-order valence-electron chi connectivity index (χ2n) is 6.09. The van der Waals surface area contributed by atoms with Gasteiger partial charge in [0, 0.05) is 52.3 Å². The van der Waals surface area contributed by atoms with E-state index in [-0.39, 0.29) is 12.1 Å². The van der Waals surface area contributed by atoms with Gasteiger partial charge in [-0.15, -0.1) is 0 Å². The van der Waals surface area contributed by atoms with Crippen molar-refractivity contribution >= 4 is 6.03 Å². The summed E-state index contributed by atoms with van der Waals surface area (Å²) < 4.78 is 3.80. The van der Waals surface area contributed by atoms with Crippen LogP contribution < -0.4 is 5.32 Å². The van der Waals surface area contributed by atoms with Crippen LogP contribution in [0.15, 0.2) is 24.7 Å². The molecule has 0 saturated carbocycles. The standard InChI is InChI=1S/C16H25N7O/c1-4-22-9-10-23(12-14(22)15-17-7-8-20(15)2)16(24)18-11-13-5-6-19-21(13)3/h5-8,14H,4,9-12H2,1-3H3,(H,18,24). The third kappa shape index (κ3) is 3.28. The van der Waals surface area contributed by atoms with E-state index in [0.717, 1.165) is 31.2 Å². The van der Waals surface area contributed by atoms with Crippen LogP contribution in [0.2, 0.25) is 0 Å². The maximum atomic E-state index is 12.5. The molecule has 3 heterocycles. The Kier molecular flexibility index (Phi) is 4.84. The fourth-order valence-corrected chi connectivity index (χ4v) is 3.18. The second kappa shape index (κ2) is 7.04. The molecule has 2 aromatic rings. The summed E-state index contributed by atoms with van der Waals surface area (Å²) in [6.45, 7) is 5.81. The number of hydrogen-bond acceptors (Lipinski definition) is 4. The Hall–Kier alpha value is -2.35. The number of urea groups is 1. The zero-order chi connectivity index (χ0) is 17.1. The Bertz CT molecular complexity index is 692. The van der Waals surface area contributed by atoms with Gasteiger partial charge in [0.25, 0.3) is 0 Å². The summed E-state index contributed by atoms with van der Waals surface area (Å²) in [6, 6.07) is 2.00. The highest BCUT2D eigenvalue weighted by Gasteiger charge is 2.31. The molecule has 2 aromatic heterocycles. The Morgan fingerprint density at radius 3 is 2.79 bits per heavy atom. The molecule has 24 heavy (non-hydrogen) atoms. The predicted octanol–water partition coefficient (Wildman–Crippen LogP) is 0.742. The van der Waals surface area contributed by atoms with Gasteiger partial charge in [-0.05, 0) is 12.6 Å². The van der Waals surface area contributed by atoms with Gasteiger partial charge in [0.15, 0.2) is 0 Å². The largest absolute Gasteiger partial charge is 0.337 e. The van der Waals surface area contributed by atoms with Crippen LogP contribution in [0.1, 0.15) is 24.5 Å². The molecule has 1 fully saturated rings. The van der Waals surface area contributed by atoms with Gasteiger partial charge in [-0.25, -0.2) is 9.78 Å². The van der Waals surface area contributed by atoms with Gasteiger partial charge in [0.1, 0.15) is 5.82 Å². The lowest BCUT2D eigenvalue weighted by atomic mass is 10.1. The quantitative estimate of drug-likeness (QED) is 0.897. The van der Waals surface area contributed by atoms with Crippen molar-refractivity contribution in [1.82, 2.24) is 34.4 Å². The lowest BCUT2D eigenvalue weighted by Gasteiger charge is -2.40. The summed E-state index contributed by atoms with van der Waals surface area (Å²) in [5, 5.41) is 7.11. The van der Waals surface area contributed by atoms with Crippen molar-refractivity contribution in [2.24, 2.45) is 14.1 Å². The molecule has 1 saturated heterocycles. The SMILES string of the molecule is CCN1CCN(C(=O)NCc2ccnn2C)CC1c1nccn1C. The highest BCUT2D eigenvalue weighted by molar-refractivity contribution is 5.74. The molecule has 0 spiro atoms. The van der Waals surface area contributed by atoms with Crippen LogP contribution in [-0.2, 0) is 20.6 Å². The van der Waals surface area contributed by atoms with Crippen molar-refractivity contribution in [2.75, 3.05) is 26.2 Å². The Morgan fingerprint density at radius 1 is 1.33 bits per heavy atom. The number of hydrogen-bond donors (Lipinski definition) is 1. The predicted molar refractivity (Wildman–Crippen MR) is 90.2 cm³/mol. The maximum absolute atomic E-state index is 12.5. The molecule has 1 unspecified atom stereocenters. The van der Waals surface area contributed by atoms with Crippen LogP contribution in [0.4, 0.5) is 4.79 Å². The molecule has 1 atom stereocenters. The van der Waals surface area contributed by atoms with E-state index in [2.05, 4.69) is 27.2 Å². The Balaban J connectivity index is 1.65. The van der Waals surface area contributed by atoms with E-state index in [1.165, 1.54) is 0 Å². The minimum Gasteiger partial charge on any atom is -0.337 e. The van der Waals surface area contributed by atoms with E-state index < -0.39 is 0 Å². The summed E-state index contributed by atoms with van der Waals surface area (Å²) >= 11 is 0. The maximum Gasteiger partial charge on any atom is 0.317 e. The van der Waals surface area contributed by atoms with Gasteiger partial charge in [-0.1, -0.05) is 6.92 Å². The smallest absolute Gasteiger partial charge is 0.317 e. The molecule has 0 radical (unpaired) electrons. The molecular formula is C16H25N7O. The second-order valence-corrected chi connectivity index (χ2v) is 6.09. The first-order valence-electron chi connectivity index (χ1n) is 8.31. The lowest BCUT2D eigenvalue weighted by molar-refractivity contribution is 0.0877. The van der Waals surface area contributed by atoms with E-state index in [9.17, 15) is 4.79 Å². The Morgan fingerprint density at radius 2 is 2.17 bits per heavy atom. The minimum atomic E-state index is -0.0360. The fourth-order valence-electron chi connectivity index (χ4n) is 3.18. The number of carbonyl (C=O) groups excluding carboxylic acids is 1. The number of amides is 2. The molecular weight excluding hydrogens is 306 g/mol. The normalized spacial score (nSPS) is 18.8. The fraction of sp³-hybridized carbons (Fsp3) is 0.562. The van der Waals surface area contributed by atoms with Crippen molar-refractivity contribution in [3.05, 3.63) is 36.2 Å². The minimum absolute atomic E-state index is 0.0360. The van der Waals surface area contributed by atoms with Crippen LogP contribution in [0.5, 0.6) is 0 Å². The van der Waals surface area contributed by atoms with E-state index >= 15 is 0 Å². The molecule has 8 nitrogen and oxygen atoms in total. The number of rotatable bonds is 4. The average molecular weight is 331 g/mol. The highest BCUT2D eigenvalue weighted by atomic mass is 16.2. The first-order chi connectivity index (χ1) is 11.6. The number of nitrogens with zero attached hydrogens (tertiary/aromatic N) is 6. The van der Waals surface area contributed by atoms with E-state index in [4.69, 9.17) is 0 Å². The number of nitrogens with one attached hydrogen (secondary N) is 1. The number of carbonyl (C=O) groups is 1. The molecule has 0 bridgehead atoms. The molecule has 0 aromatic carbocycles. The molecule has 130 valence electrons. The molecule has 3 rings (SSSR count).